The van der Waals surface area contributed by atoms with E-state index >= 15 is 0 Å². The molecular formula is C14H19N3O. The SMILES string of the molecule is CC(C)Oc1ccc(CNCc2cnc[nH]2)cc1. The fourth-order valence-corrected chi connectivity index (χ4v) is 1.68. The molecule has 0 saturated carbocycles. The van der Waals surface area contributed by atoms with Crippen molar-refractivity contribution in [3.05, 3.63) is 48.0 Å². The summed E-state index contributed by atoms with van der Waals surface area (Å²) in [6.07, 6.45) is 3.73. The van der Waals surface area contributed by atoms with Crippen molar-refractivity contribution in [2.24, 2.45) is 0 Å². The third-order valence-corrected chi connectivity index (χ3v) is 2.49. The molecule has 0 aliphatic heterocycles. The van der Waals surface area contributed by atoms with Crippen LogP contribution in [0.2, 0.25) is 0 Å². The number of aromatic amines is 1. The highest BCUT2D eigenvalue weighted by Crippen LogP contribution is 2.13. The van der Waals surface area contributed by atoms with Crippen LogP contribution in [-0.2, 0) is 13.1 Å². The number of ether oxygens (including phenoxy) is 1. The predicted octanol–water partition coefficient (Wildman–Crippen LogP) is 2.49. The summed E-state index contributed by atoms with van der Waals surface area (Å²) < 4.78 is 5.60. The van der Waals surface area contributed by atoms with Gasteiger partial charge in [-0.3, -0.25) is 0 Å². The Morgan fingerprint density at radius 3 is 2.61 bits per heavy atom. The van der Waals surface area contributed by atoms with Gasteiger partial charge in [0, 0.05) is 25.0 Å². The highest BCUT2D eigenvalue weighted by atomic mass is 16.5. The third kappa shape index (κ3) is 3.89. The van der Waals surface area contributed by atoms with Gasteiger partial charge in [0.15, 0.2) is 0 Å². The number of nitrogens with zero attached hydrogens (tertiary/aromatic N) is 1. The molecule has 1 aromatic carbocycles. The Morgan fingerprint density at radius 2 is 2.00 bits per heavy atom. The molecule has 96 valence electrons. The van der Waals surface area contributed by atoms with E-state index in [0.717, 1.165) is 24.5 Å². The van der Waals surface area contributed by atoms with Crippen LogP contribution in [0, 0.1) is 0 Å². The predicted molar refractivity (Wildman–Crippen MR) is 71.3 cm³/mol. The second-order valence-electron chi connectivity index (χ2n) is 4.49. The van der Waals surface area contributed by atoms with E-state index in [0.29, 0.717) is 0 Å². The van der Waals surface area contributed by atoms with Crippen molar-refractivity contribution in [2.45, 2.75) is 33.0 Å². The minimum atomic E-state index is 0.217. The lowest BCUT2D eigenvalue weighted by Crippen LogP contribution is -2.13. The highest BCUT2D eigenvalue weighted by Gasteiger charge is 1.98. The van der Waals surface area contributed by atoms with Crippen molar-refractivity contribution in [3.63, 3.8) is 0 Å². The molecule has 0 amide bonds. The van der Waals surface area contributed by atoms with Gasteiger partial charge in [0.2, 0.25) is 0 Å². The molecule has 2 aromatic rings. The van der Waals surface area contributed by atoms with Crippen molar-refractivity contribution >= 4 is 0 Å². The summed E-state index contributed by atoms with van der Waals surface area (Å²) in [5, 5.41) is 3.35. The van der Waals surface area contributed by atoms with Crippen molar-refractivity contribution in [2.75, 3.05) is 0 Å². The highest BCUT2D eigenvalue weighted by molar-refractivity contribution is 5.27. The molecule has 18 heavy (non-hydrogen) atoms. The van der Waals surface area contributed by atoms with Gasteiger partial charge in [-0.15, -0.1) is 0 Å². The maximum absolute atomic E-state index is 5.60. The maximum Gasteiger partial charge on any atom is 0.119 e. The molecule has 0 bridgehead atoms. The molecule has 0 spiro atoms. The van der Waals surface area contributed by atoms with E-state index in [4.69, 9.17) is 4.74 Å². The van der Waals surface area contributed by atoms with Crippen LogP contribution in [0.1, 0.15) is 25.1 Å². The summed E-state index contributed by atoms with van der Waals surface area (Å²) >= 11 is 0. The summed E-state index contributed by atoms with van der Waals surface area (Å²) in [6, 6.07) is 8.18. The smallest absolute Gasteiger partial charge is 0.119 e. The maximum atomic E-state index is 5.60. The lowest BCUT2D eigenvalue weighted by atomic mass is 10.2. The van der Waals surface area contributed by atoms with Crippen molar-refractivity contribution in [1.82, 2.24) is 15.3 Å². The Morgan fingerprint density at radius 1 is 1.22 bits per heavy atom. The van der Waals surface area contributed by atoms with Crippen molar-refractivity contribution in [3.8, 4) is 5.75 Å². The molecular weight excluding hydrogens is 226 g/mol. The fraction of sp³-hybridized carbons (Fsp3) is 0.357. The lowest BCUT2D eigenvalue weighted by molar-refractivity contribution is 0.242. The Hall–Kier alpha value is -1.81. The summed E-state index contributed by atoms with van der Waals surface area (Å²) in [6.45, 7) is 5.69. The van der Waals surface area contributed by atoms with E-state index in [9.17, 15) is 0 Å². The molecule has 1 heterocycles. The number of imidazole rings is 1. The van der Waals surface area contributed by atoms with Gasteiger partial charge < -0.3 is 15.0 Å². The summed E-state index contributed by atoms with van der Waals surface area (Å²) in [5.74, 6) is 0.919. The molecule has 2 N–H and O–H groups in total. The molecule has 0 aliphatic rings. The number of hydrogen-bond acceptors (Lipinski definition) is 3. The lowest BCUT2D eigenvalue weighted by Gasteiger charge is -2.10. The zero-order valence-electron chi connectivity index (χ0n) is 10.8. The van der Waals surface area contributed by atoms with Crippen LogP contribution in [0.3, 0.4) is 0 Å². The van der Waals surface area contributed by atoms with Crippen molar-refractivity contribution in [1.29, 1.82) is 0 Å². The summed E-state index contributed by atoms with van der Waals surface area (Å²) in [7, 11) is 0. The molecule has 2 rings (SSSR count). The molecule has 4 nitrogen and oxygen atoms in total. The Bertz CT molecular complexity index is 448. The van der Waals surface area contributed by atoms with Gasteiger partial charge in [0.05, 0.1) is 12.4 Å². The van der Waals surface area contributed by atoms with Gasteiger partial charge in [-0.25, -0.2) is 4.98 Å². The molecule has 0 atom stereocenters. The average molecular weight is 245 g/mol. The van der Waals surface area contributed by atoms with Crippen LogP contribution >= 0.6 is 0 Å². The Kier molecular flexibility index (Phi) is 4.36. The Labute approximate surface area is 107 Å². The largest absolute Gasteiger partial charge is 0.491 e. The van der Waals surface area contributed by atoms with E-state index < -0.39 is 0 Å². The zero-order valence-corrected chi connectivity index (χ0v) is 10.8. The zero-order chi connectivity index (χ0) is 12.8. The number of nitrogens with one attached hydrogen (secondary N) is 2. The quantitative estimate of drug-likeness (QED) is 0.822. The number of aromatic nitrogens is 2. The first kappa shape index (κ1) is 12.6. The minimum absolute atomic E-state index is 0.217. The number of H-pyrrole nitrogens is 1. The summed E-state index contributed by atoms with van der Waals surface area (Å²) in [4.78, 5) is 7.04. The number of hydrogen-bond donors (Lipinski definition) is 2. The molecule has 0 fully saturated rings. The second-order valence-corrected chi connectivity index (χ2v) is 4.49. The van der Waals surface area contributed by atoms with Gasteiger partial charge in [-0.2, -0.15) is 0 Å². The number of benzene rings is 1. The molecule has 0 radical (unpaired) electrons. The van der Waals surface area contributed by atoms with E-state index in [1.54, 1.807) is 6.33 Å². The summed E-state index contributed by atoms with van der Waals surface area (Å²) in [5.41, 5.74) is 2.33. The first-order valence-corrected chi connectivity index (χ1v) is 6.17. The van der Waals surface area contributed by atoms with Crippen LogP contribution in [-0.4, -0.2) is 16.1 Å². The van der Waals surface area contributed by atoms with Crippen LogP contribution < -0.4 is 10.1 Å². The molecule has 4 heteroatoms. The topological polar surface area (TPSA) is 49.9 Å². The molecule has 0 aliphatic carbocycles. The first-order chi connectivity index (χ1) is 8.74. The Balaban J connectivity index is 1.79. The fourth-order valence-electron chi connectivity index (χ4n) is 1.68. The molecule has 0 saturated heterocycles. The third-order valence-electron chi connectivity index (χ3n) is 2.49. The molecule has 1 aromatic heterocycles. The number of rotatable bonds is 6. The monoisotopic (exact) mass is 245 g/mol. The van der Waals surface area contributed by atoms with E-state index in [1.807, 2.05) is 32.2 Å². The van der Waals surface area contributed by atoms with Crippen LogP contribution in [0.4, 0.5) is 0 Å². The van der Waals surface area contributed by atoms with Crippen LogP contribution in [0.15, 0.2) is 36.8 Å². The normalized spacial score (nSPS) is 10.8. The van der Waals surface area contributed by atoms with E-state index in [-0.39, 0.29) is 6.10 Å². The van der Waals surface area contributed by atoms with Gasteiger partial charge in [0.1, 0.15) is 5.75 Å². The van der Waals surface area contributed by atoms with E-state index in [1.165, 1.54) is 5.56 Å². The first-order valence-electron chi connectivity index (χ1n) is 6.17. The standard InChI is InChI=1S/C14H19N3O/c1-11(2)18-14-5-3-12(4-6-14)7-15-8-13-9-16-10-17-13/h3-6,9-11,15H,7-8H2,1-2H3,(H,16,17). The van der Waals surface area contributed by atoms with Crippen LogP contribution in [0.25, 0.3) is 0 Å². The van der Waals surface area contributed by atoms with Crippen LogP contribution in [0.5, 0.6) is 5.75 Å². The van der Waals surface area contributed by atoms with Gasteiger partial charge in [0.25, 0.3) is 0 Å². The average Bonchev–Trinajstić information content (AvgIpc) is 2.84. The van der Waals surface area contributed by atoms with Gasteiger partial charge >= 0.3 is 0 Å². The second kappa shape index (κ2) is 6.21. The minimum Gasteiger partial charge on any atom is -0.491 e. The molecule has 0 unspecified atom stereocenters. The van der Waals surface area contributed by atoms with Gasteiger partial charge in [-0.1, -0.05) is 12.1 Å². The van der Waals surface area contributed by atoms with Crippen molar-refractivity contribution < 1.29 is 4.74 Å². The van der Waals surface area contributed by atoms with Gasteiger partial charge in [-0.05, 0) is 31.5 Å². The van der Waals surface area contributed by atoms with E-state index in [2.05, 4.69) is 27.4 Å².